The van der Waals surface area contributed by atoms with Crippen molar-refractivity contribution in [2.75, 3.05) is 43.6 Å². The Hall–Kier alpha value is -2.67. The number of hydrogen-bond acceptors (Lipinski definition) is 6. The fraction of sp³-hybridized carbons (Fsp3) is 0.312. The molecular formula is C16H18N4O3. The van der Waals surface area contributed by atoms with Gasteiger partial charge in [0.15, 0.2) is 11.6 Å². The van der Waals surface area contributed by atoms with Crippen molar-refractivity contribution in [1.29, 1.82) is 0 Å². The first-order valence-electron chi connectivity index (χ1n) is 7.38. The van der Waals surface area contributed by atoms with Crippen LogP contribution >= 0.6 is 0 Å². The third-order valence-corrected chi connectivity index (χ3v) is 3.56. The Bertz CT molecular complexity index is 669. The van der Waals surface area contributed by atoms with E-state index in [0.717, 1.165) is 18.9 Å². The van der Waals surface area contributed by atoms with E-state index >= 15 is 0 Å². The molecule has 23 heavy (non-hydrogen) atoms. The summed E-state index contributed by atoms with van der Waals surface area (Å²) in [5, 5.41) is 11.0. The number of anilines is 2. The molecule has 1 saturated heterocycles. The van der Waals surface area contributed by atoms with E-state index in [1.807, 2.05) is 6.07 Å². The number of morpholine rings is 1. The summed E-state index contributed by atoms with van der Waals surface area (Å²) < 4.78 is 10.4. The van der Waals surface area contributed by atoms with Crippen LogP contribution in [0.4, 0.5) is 11.6 Å². The van der Waals surface area contributed by atoms with Gasteiger partial charge >= 0.3 is 0 Å². The van der Waals surface area contributed by atoms with E-state index in [1.165, 1.54) is 0 Å². The molecule has 1 amide bonds. The van der Waals surface area contributed by atoms with E-state index in [9.17, 15) is 4.79 Å². The lowest BCUT2D eigenvalue weighted by Crippen LogP contribution is -2.36. The molecule has 1 N–H and O–H groups in total. The van der Waals surface area contributed by atoms with Crippen LogP contribution in [-0.2, 0) is 4.74 Å². The summed E-state index contributed by atoms with van der Waals surface area (Å²) in [5.74, 6) is 1.58. The van der Waals surface area contributed by atoms with Gasteiger partial charge in [-0.05, 0) is 30.3 Å². The van der Waals surface area contributed by atoms with Crippen molar-refractivity contribution in [2.24, 2.45) is 0 Å². The first-order chi connectivity index (χ1) is 11.3. The smallest absolute Gasteiger partial charge is 0.256 e. The van der Waals surface area contributed by atoms with Gasteiger partial charge in [-0.3, -0.25) is 4.79 Å². The number of hydrogen-bond donors (Lipinski definition) is 1. The molecule has 3 rings (SSSR count). The molecule has 0 spiro atoms. The molecule has 120 valence electrons. The monoisotopic (exact) mass is 314 g/mol. The highest BCUT2D eigenvalue weighted by Crippen LogP contribution is 2.16. The fourth-order valence-electron chi connectivity index (χ4n) is 2.31. The summed E-state index contributed by atoms with van der Waals surface area (Å²) in [5.41, 5.74) is 0.503. The number of aromatic nitrogens is 2. The number of nitrogens with zero attached hydrogens (tertiary/aromatic N) is 3. The molecule has 2 heterocycles. The largest absolute Gasteiger partial charge is 0.497 e. The van der Waals surface area contributed by atoms with Crippen molar-refractivity contribution in [3.63, 3.8) is 0 Å². The van der Waals surface area contributed by atoms with E-state index in [-0.39, 0.29) is 5.91 Å². The van der Waals surface area contributed by atoms with Crippen molar-refractivity contribution in [3.05, 3.63) is 42.0 Å². The Kier molecular flexibility index (Phi) is 4.68. The molecule has 7 heteroatoms. The number of amides is 1. The predicted molar refractivity (Wildman–Crippen MR) is 86.0 cm³/mol. The molecule has 1 aliphatic rings. The van der Waals surface area contributed by atoms with Crippen LogP contribution in [0.1, 0.15) is 10.4 Å². The lowest BCUT2D eigenvalue weighted by atomic mass is 10.2. The molecule has 2 aromatic rings. The van der Waals surface area contributed by atoms with E-state index in [0.29, 0.717) is 30.3 Å². The molecule has 0 atom stereocenters. The minimum atomic E-state index is -0.252. The quantitative estimate of drug-likeness (QED) is 0.923. The van der Waals surface area contributed by atoms with Gasteiger partial charge < -0.3 is 19.7 Å². The van der Waals surface area contributed by atoms with E-state index in [4.69, 9.17) is 9.47 Å². The van der Waals surface area contributed by atoms with Gasteiger partial charge in [0.1, 0.15) is 5.75 Å². The van der Waals surface area contributed by atoms with Gasteiger partial charge in [-0.1, -0.05) is 6.07 Å². The van der Waals surface area contributed by atoms with Crippen LogP contribution in [0.3, 0.4) is 0 Å². The third-order valence-electron chi connectivity index (χ3n) is 3.56. The Morgan fingerprint density at radius 1 is 1.22 bits per heavy atom. The van der Waals surface area contributed by atoms with Gasteiger partial charge in [0.05, 0.1) is 20.3 Å². The molecule has 0 radical (unpaired) electrons. The first kappa shape index (κ1) is 15.2. The lowest BCUT2D eigenvalue weighted by Gasteiger charge is -2.27. The highest BCUT2D eigenvalue weighted by Gasteiger charge is 2.13. The fourth-order valence-corrected chi connectivity index (χ4v) is 2.31. The van der Waals surface area contributed by atoms with Crippen molar-refractivity contribution >= 4 is 17.5 Å². The number of carbonyl (C=O) groups is 1. The maximum Gasteiger partial charge on any atom is 0.256 e. The normalized spacial score (nSPS) is 14.4. The molecule has 0 aliphatic carbocycles. The molecule has 0 saturated carbocycles. The van der Waals surface area contributed by atoms with Crippen LogP contribution in [-0.4, -0.2) is 49.5 Å². The topological polar surface area (TPSA) is 76.6 Å². The Morgan fingerprint density at radius 3 is 2.74 bits per heavy atom. The Morgan fingerprint density at radius 2 is 2.04 bits per heavy atom. The highest BCUT2D eigenvalue weighted by molar-refractivity contribution is 6.03. The standard InChI is InChI=1S/C16H18N4O3/c1-22-13-4-2-3-12(11-13)16(21)17-14-5-6-15(19-18-14)20-7-9-23-10-8-20/h2-6,11H,7-10H2,1H3,(H,17,18,21). The summed E-state index contributed by atoms with van der Waals surface area (Å²) in [6.45, 7) is 2.97. The minimum absolute atomic E-state index is 0.252. The van der Waals surface area contributed by atoms with Crippen molar-refractivity contribution in [3.8, 4) is 5.75 Å². The average molecular weight is 314 g/mol. The summed E-state index contributed by atoms with van der Waals surface area (Å²) in [6.07, 6.45) is 0. The number of carbonyl (C=O) groups excluding carboxylic acids is 1. The zero-order valence-electron chi connectivity index (χ0n) is 12.9. The Labute approximate surface area is 134 Å². The van der Waals surface area contributed by atoms with Crippen LogP contribution in [0.5, 0.6) is 5.75 Å². The molecule has 1 aromatic carbocycles. The summed E-state index contributed by atoms with van der Waals surface area (Å²) in [7, 11) is 1.56. The van der Waals surface area contributed by atoms with Crippen LogP contribution in [0.15, 0.2) is 36.4 Å². The molecule has 0 unspecified atom stereocenters. The van der Waals surface area contributed by atoms with Gasteiger partial charge in [0.25, 0.3) is 5.91 Å². The summed E-state index contributed by atoms with van der Waals surface area (Å²) >= 11 is 0. The van der Waals surface area contributed by atoms with E-state index < -0.39 is 0 Å². The second-order valence-electron chi connectivity index (χ2n) is 5.06. The maximum atomic E-state index is 12.2. The molecular weight excluding hydrogens is 296 g/mol. The number of nitrogens with one attached hydrogen (secondary N) is 1. The molecule has 7 nitrogen and oxygen atoms in total. The zero-order chi connectivity index (χ0) is 16.1. The Balaban J connectivity index is 1.66. The number of benzene rings is 1. The predicted octanol–water partition coefficient (Wildman–Crippen LogP) is 1.57. The van der Waals surface area contributed by atoms with Gasteiger partial charge in [-0.2, -0.15) is 0 Å². The van der Waals surface area contributed by atoms with Crippen molar-refractivity contribution in [1.82, 2.24) is 10.2 Å². The SMILES string of the molecule is COc1cccc(C(=O)Nc2ccc(N3CCOCC3)nn2)c1. The number of methoxy groups -OCH3 is 1. The van der Waals surface area contributed by atoms with Gasteiger partial charge in [0, 0.05) is 18.7 Å². The molecule has 1 aliphatic heterocycles. The maximum absolute atomic E-state index is 12.2. The van der Waals surface area contributed by atoms with Crippen molar-refractivity contribution in [2.45, 2.75) is 0 Å². The van der Waals surface area contributed by atoms with Gasteiger partial charge in [-0.15, -0.1) is 10.2 Å². The zero-order valence-corrected chi connectivity index (χ0v) is 12.9. The van der Waals surface area contributed by atoms with Crippen LogP contribution in [0.2, 0.25) is 0 Å². The minimum Gasteiger partial charge on any atom is -0.497 e. The van der Waals surface area contributed by atoms with Crippen LogP contribution < -0.4 is 15.0 Å². The molecule has 0 bridgehead atoms. The number of rotatable bonds is 4. The summed E-state index contributed by atoms with van der Waals surface area (Å²) in [4.78, 5) is 14.3. The van der Waals surface area contributed by atoms with E-state index in [1.54, 1.807) is 37.4 Å². The highest BCUT2D eigenvalue weighted by atomic mass is 16.5. The second-order valence-corrected chi connectivity index (χ2v) is 5.06. The lowest BCUT2D eigenvalue weighted by molar-refractivity contribution is 0.102. The average Bonchev–Trinajstić information content (AvgIpc) is 2.63. The number of ether oxygens (including phenoxy) is 2. The molecule has 1 aromatic heterocycles. The first-order valence-corrected chi connectivity index (χ1v) is 7.38. The molecule has 1 fully saturated rings. The van der Waals surface area contributed by atoms with Crippen LogP contribution in [0, 0.1) is 0 Å². The third kappa shape index (κ3) is 3.75. The van der Waals surface area contributed by atoms with Gasteiger partial charge in [-0.25, -0.2) is 0 Å². The van der Waals surface area contributed by atoms with Crippen LogP contribution in [0.25, 0.3) is 0 Å². The van der Waals surface area contributed by atoms with E-state index in [2.05, 4.69) is 20.4 Å². The van der Waals surface area contributed by atoms with Crippen molar-refractivity contribution < 1.29 is 14.3 Å². The second kappa shape index (κ2) is 7.06. The van der Waals surface area contributed by atoms with Gasteiger partial charge in [0.2, 0.25) is 0 Å². The summed E-state index contributed by atoms with van der Waals surface area (Å²) in [6, 6.07) is 10.5.